The Labute approximate surface area is 89.3 Å². The van der Waals surface area contributed by atoms with Gasteiger partial charge in [0.15, 0.2) is 0 Å². The maximum Gasteiger partial charge on any atom is 0.0633 e. The van der Waals surface area contributed by atoms with E-state index in [9.17, 15) is 0 Å². The average molecular weight is 196 g/mol. The first-order valence-electron chi connectivity index (χ1n) is 4.87. The monoisotopic (exact) mass is 196 g/mol. The molecule has 0 aliphatic rings. The van der Waals surface area contributed by atoms with E-state index in [4.69, 9.17) is 0 Å². The summed E-state index contributed by atoms with van der Waals surface area (Å²) >= 11 is 0. The van der Waals surface area contributed by atoms with Gasteiger partial charge in [-0.1, -0.05) is 24.3 Å². The molecule has 1 heterocycles. The fourth-order valence-electron chi connectivity index (χ4n) is 1.34. The van der Waals surface area contributed by atoms with Crippen molar-refractivity contribution in [2.45, 2.75) is 6.92 Å². The lowest BCUT2D eigenvalue weighted by Crippen LogP contribution is -1.93. The molecule has 0 aliphatic heterocycles. The lowest BCUT2D eigenvalue weighted by molar-refractivity contribution is 1.31. The maximum absolute atomic E-state index is 4.51. The van der Waals surface area contributed by atoms with Gasteiger partial charge in [0, 0.05) is 23.7 Å². The van der Waals surface area contributed by atoms with Gasteiger partial charge in [-0.05, 0) is 25.1 Å². The number of rotatable bonds is 2. The van der Waals surface area contributed by atoms with Crippen LogP contribution < -0.4 is 0 Å². The average Bonchev–Trinajstić information content (AvgIpc) is 2.31. The number of pyridine rings is 1. The van der Waals surface area contributed by atoms with Crippen molar-refractivity contribution in [1.82, 2.24) is 4.98 Å². The Morgan fingerprint density at radius 1 is 1.07 bits per heavy atom. The zero-order chi connectivity index (χ0) is 10.5. The lowest BCUT2D eigenvalue weighted by Gasteiger charge is -1.99. The molecule has 0 atom stereocenters. The van der Waals surface area contributed by atoms with Crippen molar-refractivity contribution in [2.75, 3.05) is 0 Å². The molecule has 0 N–H and O–H groups in total. The minimum atomic E-state index is 0.971. The Balaban J connectivity index is 2.29. The molecule has 2 heteroatoms. The smallest absolute Gasteiger partial charge is 0.0633 e. The minimum absolute atomic E-state index is 0.971. The van der Waals surface area contributed by atoms with Crippen molar-refractivity contribution in [1.29, 1.82) is 0 Å². The summed E-state index contributed by atoms with van der Waals surface area (Å²) in [7, 11) is 0. The van der Waals surface area contributed by atoms with E-state index in [1.165, 1.54) is 0 Å². The van der Waals surface area contributed by atoms with Crippen molar-refractivity contribution in [3.05, 3.63) is 60.4 Å². The molecule has 0 saturated heterocycles. The second-order valence-corrected chi connectivity index (χ2v) is 3.27. The molecule has 0 amide bonds. The summed E-state index contributed by atoms with van der Waals surface area (Å²) in [4.78, 5) is 8.57. The standard InChI is InChI=1S/C13H12N2/c1-11(12-6-5-9-14-10-12)15-13-7-3-2-4-8-13/h2-10H,1H3. The van der Waals surface area contributed by atoms with Crippen molar-refractivity contribution >= 4 is 11.4 Å². The topological polar surface area (TPSA) is 25.2 Å². The third kappa shape index (κ3) is 2.50. The summed E-state index contributed by atoms with van der Waals surface area (Å²) in [5.74, 6) is 0. The van der Waals surface area contributed by atoms with Crippen LogP contribution in [0.25, 0.3) is 0 Å². The summed E-state index contributed by atoms with van der Waals surface area (Å²) in [5.41, 5.74) is 3.01. The SMILES string of the molecule is CC(=Nc1ccccc1)c1cccnc1. The van der Waals surface area contributed by atoms with Crippen LogP contribution in [-0.4, -0.2) is 10.7 Å². The van der Waals surface area contributed by atoms with Gasteiger partial charge < -0.3 is 0 Å². The van der Waals surface area contributed by atoms with E-state index in [1.807, 2.05) is 55.6 Å². The first-order valence-corrected chi connectivity index (χ1v) is 4.87. The normalized spacial score (nSPS) is 11.4. The van der Waals surface area contributed by atoms with Crippen LogP contribution in [0.3, 0.4) is 0 Å². The Bertz CT molecular complexity index is 446. The molecule has 0 unspecified atom stereocenters. The van der Waals surface area contributed by atoms with Crippen LogP contribution in [0.1, 0.15) is 12.5 Å². The molecule has 0 saturated carbocycles. The Morgan fingerprint density at radius 2 is 1.87 bits per heavy atom. The van der Waals surface area contributed by atoms with Gasteiger partial charge in [-0.2, -0.15) is 0 Å². The Kier molecular flexibility index (Phi) is 2.88. The van der Waals surface area contributed by atoms with E-state index in [0.717, 1.165) is 17.0 Å². The molecule has 0 bridgehead atoms. The van der Waals surface area contributed by atoms with Crippen LogP contribution in [0.4, 0.5) is 5.69 Å². The third-order valence-corrected chi connectivity index (χ3v) is 2.13. The highest BCUT2D eigenvalue weighted by Gasteiger charge is 1.96. The van der Waals surface area contributed by atoms with Gasteiger partial charge in [0.1, 0.15) is 0 Å². The van der Waals surface area contributed by atoms with Crippen LogP contribution in [0.2, 0.25) is 0 Å². The van der Waals surface area contributed by atoms with Gasteiger partial charge in [-0.3, -0.25) is 9.98 Å². The minimum Gasteiger partial charge on any atom is -0.264 e. The molecule has 1 aromatic carbocycles. The summed E-state index contributed by atoms with van der Waals surface area (Å²) < 4.78 is 0. The predicted molar refractivity (Wildman–Crippen MR) is 62.6 cm³/mol. The zero-order valence-corrected chi connectivity index (χ0v) is 8.59. The molecule has 2 aromatic rings. The molecule has 0 aliphatic carbocycles. The zero-order valence-electron chi connectivity index (χ0n) is 8.59. The summed E-state index contributed by atoms with van der Waals surface area (Å²) in [6, 6.07) is 13.8. The number of hydrogen-bond donors (Lipinski definition) is 0. The molecule has 15 heavy (non-hydrogen) atoms. The predicted octanol–water partition coefficient (Wildman–Crippen LogP) is 3.22. The van der Waals surface area contributed by atoms with Crippen molar-refractivity contribution in [2.24, 2.45) is 4.99 Å². The van der Waals surface area contributed by atoms with Gasteiger partial charge in [0.2, 0.25) is 0 Å². The van der Waals surface area contributed by atoms with Gasteiger partial charge in [-0.15, -0.1) is 0 Å². The molecular formula is C13H12N2. The summed E-state index contributed by atoms with van der Waals surface area (Å²) in [5, 5.41) is 0. The molecular weight excluding hydrogens is 184 g/mol. The number of aliphatic imine (C=N–C) groups is 1. The number of aromatic nitrogens is 1. The van der Waals surface area contributed by atoms with Crippen LogP contribution >= 0.6 is 0 Å². The molecule has 2 nitrogen and oxygen atoms in total. The van der Waals surface area contributed by atoms with Gasteiger partial charge in [-0.25, -0.2) is 0 Å². The summed E-state index contributed by atoms with van der Waals surface area (Å²) in [6.07, 6.45) is 3.58. The molecule has 2 rings (SSSR count). The first kappa shape index (κ1) is 9.59. The van der Waals surface area contributed by atoms with Crippen LogP contribution in [0, 0.1) is 0 Å². The van der Waals surface area contributed by atoms with E-state index in [1.54, 1.807) is 6.20 Å². The van der Waals surface area contributed by atoms with Gasteiger partial charge >= 0.3 is 0 Å². The van der Waals surface area contributed by atoms with Crippen LogP contribution in [0.5, 0.6) is 0 Å². The Morgan fingerprint density at radius 3 is 2.53 bits per heavy atom. The van der Waals surface area contributed by atoms with E-state index in [-0.39, 0.29) is 0 Å². The largest absolute Gasteiger partial charge is 0.264 e. The molecule has 74 valence electrons. The molecule has 0 spiro atoms. The highest BCUT2D eigenvalue weighted by atomic mass is 14.7. The molecule has 0 radical (unpaired) electrons. The highest BCUT2D eigenvalue weighted by Crippen LogP contribution is 2.12. The molecule has 1 aromatic heterocycles. The number of benzene rings is 1. The maximum atomic E-state index is 4.51. The van der Waals surface area contributed by atoms with E-state index >= 15 is 0 Å². The van der Waals surface area contributed by atoms with Crippen molar-refractivity contribution in [3.8, 4) is 0 Å². The third-order valence-electron chi connectivity index (χ3n) is 2.13. The van der Waals surface area contributed by atoms with E-state index in [0.29, 0.717) is 0 Å². The Hall–Kier alpha value is -1.96. The summed E-state index contributed by atoms with van der Waals surface area (Å²) in [6.45, 7) is 1.99. The number of nitrogens with zero attached hydrogens (tertiary/aromatic N) is 2. The van der Waals surface area contributed by atoms with E-state index < -0.39 is 0 Å². The van der Waals surface area contributed by atoms with Gasteiger partial charge in [0.05, 0.1) is 5.69 Å². The second-order valence-electron chi connectivity index (χ2n) is 3.27. The number of hydrogen-bond acceptors (Lipinski definition) is 2. The van der Waals surface area contributed by atoms with Gasteiger partial charge in [0.25, 0.3) is 0 Å². The number of para-hydroxylation sites is 1. The second kappa shape index (κ2) is 4.51. The van der Waals surface area contributed by atoms with Crippen LogP contribution in [-0.2, 0) is 0 Å². The van der Waals surface area contributed by atoms with Crippen LogP contribution in [0.15, 0.2) is 59.9 Å². The highest BCUT2D eigenvalue weighted by molar-refractivity contribution is 5.99. The van der Waals surface area contributed by atoms with Crippen molar-refractivity contribution < 1.29 is 0 Å². The molecule has 0 fully saturated rings. The fourth-order valence-corrected chi connectivity index (χ4v) is 1.34. The van der Waals surface area contributed by atoms with Crippen molar-refractivity contribution in [3.63, 3.8) is 0 Å². The lowest BCUT2D eigenvalue weighted by atomic mass is 10.2. The quantitative estimate of drug-likeness (QED) is 0.677. The van der Waals surface area contributed by atoms with E-state index in [2.05, 4.69) is 9.98 Å². The first-order chi connectivity index (χ1) is 7.36. The fraction of sp³-hybridized carbons (Fsp3) is 0.0769.